The second-order valence-corrected chi connectivity index (χ2v) is 5.62. The molecule has 1 aromatic carbocycles. The molecule has 2 aromatic heterocycles. The van der Waals surface area contributed by atoms with Gasteiger partial charge in [0, 0.05) is 35.7 Å². The van der Waals surface area contributed by atoms with Gasteiger partial charge in [-0.05, 0) is 47.1 Å². The van der Waals surface area contributed by atoms with Crippen LogP contribution in [0.4, 0.5) is 5.69 Å². The first-order valence-corrected chi connectivity index (χ1v) is 7.71. The van der Waals surface area contributed by atoms with E-state index < -0.39 is 4.92 Å². The molecule has 7 nitrogen and oxygen atoms in total. The summed E-state index contributed by atoms with van der Waals surface area (Å²) in [4.78, 5) is 23.1. The number of rotatable bonds is 4. The minimum atomic E-state index is -0.449. The molecule has 3 aromatic rings. The number of halogens is 1. The van der Waals surface area contributed by atoms with Gasteiger partial charge < -0.3 is 4.74 Å². The summed E-state index contributed by atoms with van der Waals surface area (Å²) >= 11 is 3.31. The molecule has 0 saturated heterocycles. The van der Waals surface area contributed by atoms with Gasteiger partial charge in [0.25, 0.3) is 5.69 Å². The standard InChI is InChI=1S/C16H11BrN4O3/c1-10-9-14(24-13-3-2-8-18-15(13)17)20-16(19-10)11-4-6-12(7-5-11)21(22)23/h2-9H,1H3. The van der Waals surface area contributed by atoms with Crippen molar-refractivity contribution in [1.82, 2.24) is 15.0 Å². The van der Waals surface area contributed by atoms with Crippen molar-refractivity contribution in [1.29, 1.82) is 0 Å². The van der Waals surface area contributed by atoms with Gasteiger partial charge in [0.1, 0.15) is 4.60 Å². The number of aromatic nitrogens is 3. The fourth-order valence-corrected chi connectivity index (χ4v) is 2.34. The number of ether oxygens (including phenoxy) is 1. The molecule has 0 atom stereocenters. The van der Waals surface area contributed by atoms with E-state index in [0.29, 0.717) is 33.3 Å². The topological polar surface area (TPSA) is 91.0 Å². The first-order chi connectivity index (χ1) is 11.5. The van der Waals surface area contributed by atoms with Gasteiger partial charge in [-0.2, -0.15) is 4.98 Å². The van der Waals surface area contributed by atoms with E-state index in [2.05, 4.69) is 30.9 Å². The molecule has 0 saturated carbocycles. The van der Waals surface area contributed by atoms with Crippen LogP contribution in [-0.4, -0.2) is 19.9 Å². The van der Waals surface area contributed by atoms with E-state index >= 15 is 0 Å². The van der Waals surface area contributed by atoms with E-state index in [1.165, 1.54) is 12.1 Å². The van der Waals surface area contributed by atoms with Crippen molar-refractivity contribution >= 4 is 21.6 Å². The van der Waals surface area contributed by atoms with Gasteiger partial charge in [-0.1, -0.05) is 0 Å². The van der Waals surface area contributed by atoms with Gasteiger partial charge in [-0.15, -0.1) is 0 Å². The van der Waals surface area contributed by atoms with Crippen molar-refractivity contribution in [3.63, 3.8) is 0 Å². The number of nitro benzene ring substituents is 1. The minimum Gasteiger partial charge on any atom is -0.436 e. The Morgan fingerprint density at radius 3 is 2.58 bits per heavy atom. The fourth-order valence-electron chi connectivity index (χ4n) is 2.01. The number of nitro groups is 1. The highest BCUT2D eigenvalue weighted by molar-refractivity contribution is 9.10. The van der Waals surface area contributed by atoms with Crippen LogP contribution in [0.25, 0.3) is 11.4 Å². The largest absolute Gasteiger partial charge is 0.436 e. The van der Waals surface area contributed by atoms with Gasteiger partial charge in [0.2, 0.25) is 5.88 Å². The van der Waals surface area contributed by atoms with Gasteiger partial charge in [0.05, 0.1) is 4.92 Å². The van der Waals surface area contributed by atoms with Gasteiger partial charge in [-0.25, -0.2) is 9.97 Å². The van der Waals surface area contributed by atoms with Crippen LogP contribution in [0.3, 0.4) is 0 Å². The molecule has 0 aliphatic heterocycles. The summed E-state index contributed by atoms with van der Waals surface area (Å²) < 4.78 is 6.31. The first kappa shape index (κ1) is 16.0. The zero-order valence-corrected chi connectivity index (χ0v) is 14.1. The van der Waals surface area contributed by atoms with Crippen molar-refractivity contribution in [3.05, 3.63) is 69.1 Å². The maximum Gasteiger partial charge on any atom is 0.269 e. The zero-order chi connectivity index (χ0) is 17.1. The molecular weight excluding hydrogens is 376 g/mol. The van der Waals surface area contributed by atoms with Crippen molar-refractivity contribution < 1.29 is 9.66 Å². The van der Waals surface area contributed by atoms with Crippen LogP contribution < -0.4 is 4.74 Å². The molecule has 0 fully saturated rings. The van der Waals surface area contributed by atoms with E-state index in [1.807, 2.05) is 6.92 Å². The average molecular weight is 387 g/mol. The quantitative estimate of drug-likeness (QED) is 0.376. The maximum absolute atomic E-state index is 10.7. The smallest absolute Gasteiger partial charge is 0.269 e. The van der Waals surface area contributed by atoms with Crippen LogP contribution in [0.2, 0.25) is 0 Å². The average Bonchev–Trinajstić information content (AvgIpc) is 2.56. The molecule has 2 heterocycles. The summed E-state index contributed by atoms with van der Waals surface area (Å²) in [6, 6.07) is 11.3. The Bertz CT molecular complexity index is 900. The number of pyridine rings is 1. The lowest BCUT2D eigenvalue weighted by Gasteiger charge is -2.08. The van der Waals surface area contributed by atoms with E-state index in [9.17, 15) is 10.1 Å². The van der Waals surface area contributed by atoms with Gasteiger partial charge in [-0.3, -0.25) is 10.1 Å². The Morgan fingerprint density at radius 2 is 1.92 bits per heavy atom. The van der Waals surface area contributed by atoms with Gasteiger partial charge >= 0.3 is 0 Å². The predicted octanol–water partition coefficient (Wildman–Crippen LogP) is 4.31. The van der Waals surface area contributed by atoms with Crippen molar-refractivity contribution in [2.24, 2.45) is 0 Å². The number of nitrogens with zero attached hydrogens (tertiary/aromatic N) is 4. The highest BCUT2D eigenvalue weighted by atomic mass is 79.9. The van der Waals surface area contributed by atoms with Crippen LogP contribution in [0.15, 0.2) is 53.3 Å². The van der Waals surface area contributed by atoms with Crippen molar-refractivity contribution in [2.45, 2.75) is 6.92 Å². The lowest BCUT2D eigenvalue weighted by molar-refractivity contribution is -0.384. The van der Waals surface area contributed by atoms with Crippen molar-refractivity contribution in [2.75, 3.05) is 0 Å². The molecule has 0 spiro atoms. The zero-order valence-electron chi connectivity index (χ0n) is 12.5. The van der Waals surface area contributed by atoms with Crippen LogP contribution >= 0.6 is 15.9 Å². The third-order valence-electron chi connectivity index (χ3n) is 3.11. The Kier molecular flexibility index (Phi) is 4.48. The maximum atomic E-state index is 10.7. The van der Waals surface area contributed by atoms with E-state index in [0.717, 1.165) is 0 Å². The minimum absolute atomic E-state index is 0.0159. The number of non-ortho nitro benzene ring substituents is 1. The molecule has 0 amide bonds. The SMILES string of the molecule is Cc1cc(Oc2cccnc2Br)nc(-c2ccc([N+](=O)[O-])cc2)n1. The second kappa shape index (κ2) is 6.71. The summed E-state index contributed by atoms with van der Waals surface area (Å²) in [5.41, 5.74) is 1.40. The van der Waals surface area contributed by atoms with Gasteiger partial charge in [0.15, 0.2) is 11.6 Å². The first-order valence-electron chi connectivity index (χ1n) is 6.92. The molecule has 0 bridgehead atoms. The Balaban J connectivity index is 1.94. The molecule has 24 heavy (non-hydrogen) atoms. The summed E-state index contributed by atoms with van der Waals surface area (Å²) in [6.07, 6.45) is 1.64. The Hall–Kier alpha value is -2.87. The summed E-state index contributed by atoms with van der Waals surface area (Å²) in [5.74, 6) is 1.33. The third kappa shape index (κ3) is 3.54. The molecule has 3 rings (SSSR count). The molecule has 0 unspecified atom stereocenters. The molecule has 0 radical (unpaired) electrons. The van der Waals surface area contributed by atoms with E-state index in [1.54, 1.807) is 36.5 Å². The van der Waals surface area contributed by atoms with Crippen molar-refractivity contribution in [3.8, 4) is 23.0 Å². The highest BCUT2D eigenvalue weighted by Gasteiger charge is 2.11. The molecule has 8 heteroatoms. The van der Waals surface area contributed by atoms with E-state index in [4.69, 9.17) is 4.74 Å². The second-order valence-electron chi connectivity index (χ2n) is 4.87. The predicted molar refractivity (Wildman–Crippen MR) is 90.9 cm³/mol. The van der Waals surface area contributed by atoms with E-state index in [-0.39, 0.29) is 5.69 Å². The lowest BCUT2D eigenvalue weighted by Crippen LogP contribution is -1.97. The molecule has 0 aliphatic carbocycles. The fraction of sp³-hybridized carbons (Fsp3) is 0.0625. The van der Waals surface area contributed by atoms with Crippen LogP contribution in [0, 0.1) is 17.0 Å². The number of aryl methyl sites for hydroxylation is 1. The molecule has 0 N–H and O–H groups in total. The monoisotopic (exact) mass is 386 g/mol. The number of hydrogen-bond acceptors (Lipinski definition) is 6. The lowest BCUT2D eigenvalue weighted by atomic mass is 10.2. The Morgan fingerprint density at radius 1 is 1.17 bits per heavy atom. The molecule has 0 aliphatic rings. The van der Waals surface area contributed by atoms with Crippen LogP contribution in [0.5, 0.6) is 11.6 Å². The number of benzene rings is 1. The normalized spacial score (nSPS) is 10.4. The Labute approximate surface area is 145 Å². The number of hydrogen-bond donors (Lipinski definition) is 0. The summed E-state index contributed by atoms with van der Waals surface area (Å²) in [5, 5.41) is 10.7. The summed E-state index contributed by atoms with van der Waals surface area (Å²) in [7, 11) is 0. The summed E-state index contributed by atoms with van der Waals surface area (Å²) in [6.45, 7) is 1.82. The van der Waals surface area contributed by atoms with Crippen LogP contribution in [-0.2, 0) is 0 Å². The molecule has 120 valence electrons. The third-order valence-corrected chi connectivity index (χ3v) is 3.70. The van der Waals surface area contributed by atoms with Crippen LogP contribution in [0.1, 0.15) is 5.69 Å². The molecular formula is C16H11BrN4O3. The highest BCUT2D eigenvalue weighted by Crippen LogP contribution is 2.28.